The average molecular weight is 549 g/mol. The van der Waals surface area contributed by atoms with Crippen LogP contribution >= 0.6 is 0 Å². The molecule has 1 aromatic heterocycles. The van der Waals surface area contributed by atoms with Gasteiger partial charge in [0.15, 0.2) is 0 Å². The van der Waals surface area contributed by atoms with Gasteiger partial charge in [-0.2, -0.15) is 18.4 Å². The van der Waals surface area contributed by atoms with Crippen molar-refractivity contribution in [1.29, 1.82) is 5.26 Å². The number of alkyl halides is 3. The molecule has 40 heavy (non-hydrogen) atoms. The second-order valence-corrected chi connectivity index (χ2v) is 11.9. The third-order valence-corrected chi connectivity index (χ3v) is 9.09. The molecule has 3 aromatic rings. The SMILES string of the molecule is Cn1cnnc1C1(c2cccc(N3Cc4c(cc(CNC5(C)CCC5)cc4C(F)(F)F)C3=O)c2)CC(CC#N)C1. The molecule has 0 radical (unpaired) electrons. The van der Waals surface area contributed by atoms with Gasteiger partial charge in [-0.05, 0) is 85.9 Å². The van der Waals surface area contributed by atoms with Crippen LogP contribution in [0.1, 0.15) is 83.9 Å². The molecule has 6 rings (SSSR count). The highest BCUT2D eigenvalue weighted by Gasteiger charge is 2.50. The van der Waals surface area contributed by atoms with Gasteiger partial charge < -0.3 is 14.8 Å². The second kappa shape index (κ2) is 9.44. The number of nitrogens with zero attached hydrogens (tertiary/aromatic N) is 5. The summed E-state index contributed by atoms with van der Waals surface area (Å²) >= 11 is 0. The molecular weight excluding hydrogens is 517 g/mol. The second-order valence-electron chi connectivity index (χ2n) is 11.9. The highest BCUT2D eigenvalue weighted by molar-refractivity contribution is 6.10. The molecule has 1 amide bonds. The molecule has 2 saturated carbocycles. The molecule has 0 bridgehead atoms. The zero-order valence-electron chi connectivity index (χ0n) is 22.6. The number of halogens is 3. The quantitative estimate of drug-likeness (QED) is 0.413. The molecule has 10 heteroatoms. The lowest BCUT2D eigenvalue weighted by Crippen LogP contribution is -2.47. The highest BCUT2D eigenvalue weighted by Crippen LogP contribution is 2.53. The smallest absolute Gasteiger partial charge is 0.320 e. The fourth-order valence-corrected chi connectivity index (χ4v) is 6.67. The Bertz CT molecular complexity index is 1510. The van der Waals surface area contributed by atoms with E-state index in [4.69, 9.17) is 0 Å². The molecule has 0 unspecified atom stereocenters. The van der Waals surface area contributed by atoms with Crippen LogP contribution in [0.3, 0.4) is 0 Å². The fourth-order valence-electron chi connectivity index (χ4n) is 6.67. The molecule has 0 atom stereocenters. The minimum Gasteiger partial charge on any atom is -0.320 e. The Balaban J connectivity index is 1.33. The lowest BCUT2D eigenvalue weighted by atomic mass is 9.57. The standard InChI is InChI=1S/C30H31F3N6O/c1-28(8-4-9-28)35-16-20-11-23-24(25(12-20)30(31,32)33)17-39(26(23)40)22-6-3-5-21(13-22)29(14-19(15-29)7-10-34)27-37-36-18-38(27)2/h3,5-6,11-13,18-19,35H,4,7-9,14-17H2,1-2H3. The topological polar surface area (TPSA) is 86.8 Å². The normalized spacial score (nSPS) is 23.4. The van der Waals surface area contributed by atoms with Gasteiger partial charge in [0.1, 0.15) is 12.2 Å². The van der Waals surface area contributed by atoms with Crippen LogP contribution < -0.4 is 10.2 Å². The Kier molecular flexibility index (Phi) is 6.26. The van der Waals surface area contributed by atoms with Crippen molar-refractivity contribution in [2.24, 2.45) is 13.0 Å². The lowest BCUT2D eigenvalue weighted by molar-refractivity contribution is -0.138. The number of hydrogen-bond donors (Lipinski definition) is 1. The summed E-state index contributed by atoms with van der Waals surface area (Å²) in [6.45, 7) is 2.21. The van der Waals surface area contributed by atoms with E-state index in [2.05, 4.69) is 28.5 Å². The number of carbonyl (C=O) groups excluding carboxylic acids is 1. The zero-order chi connectivity index (χ0) is 28.3. The molecular formula is C30H31F3N6O. The van der Waals surface area contributed by atoms with E-state index in [1.54, 1.807) is 18.5 Å². The Morgan fingerprint density at radius 2 is 1.98 bits per heavy atom. The van der Waals surface area contributed by atoms with Crippen molar-refractivity contribution in [3.8, 4) is 6.07 Å². The Morgan fingerprint density at radius 3 is 2.60 bits per heavy atom. The minimum absolute atomic E-state index is 0.0160. The maximum absolute atomic E-state index is 14.2. The van der Waals surface area contributed by atoms with E-state index in [9.17, 15) is 23.2 Å². The summed E-state index contributed by atoms with van der Waals surface area (Å²) in [7, 11) is 1.87. The number of amides is 1. The van der Waals surface area contributed by atoms with Crippen LogP contribution in [0.4, 0.5) is 18.9 Å². The first-order valence-electron chi connectivity index (χ1n) is 13.6. The van der Waals surface area contributed by atoms with E-state index in [1.807, 2.05) is 29.8 Å². The summed E-state index contributed by atoms with van der Waals surface area (Å²) in [6, 6.07) is 12.5. The van der Waals surface area contributed by atoms with Crippen molar-refractivity contribution < 1.29 is 18.0 Å². The Labute approximate surface area is 231 Å². The zero-order valence-corrected chi connectivity index (χ0v) is 22.6. The molecule has 0 saturated heterocycles. The van der Waals surface area contributed by atoms with Crippen LogP contribution in [0.25, 0.3) is 0 Å². The monoisotopic (exact) mass is 548 g/mol. The number of rotatable bonds is 7. The first-order valence-corrected chi connectivity index (χ1v) is 13.6. The lowest BCUT2D eigenvalue weighted by Gasteiger charge is -2.46. The van der Waals surface area contributed by atoms with Gasteiger partial charge in [0, 0.05) is 36.8 Å². The van der Waals surface area contributed by atoms with Crippen molar-refractivity contribution in [3.05, 3.63) is 76.4 Å². The number of aryl methyl sites for hydroxylation is 1. The predicted molar refractivity (Wildman–Crippen MR) is 142 cm³/mol. The summed E-state index contributed by atoms with van der Waals surface area (Å²) in [5.41, 5.74) is 0.738. The van der Waals surface area contributed by atoms with Crippen LogP contribution in [0, 0.1) is 17.2 Å². The Hall–Kier alpha value is -3.71. The Morgan fingerprint density at radius 1 is 1.20 bits per heavy atom. The molecule has 2 aromatic carbocycles. The van der Waals surface area contributed by atoms with Gasteiger partial charge in [-0.25, -0.2) is 0 Å². The largest absolute Gasteiger partial charge is 0.416 e. The molecule has 0 spiro atoms. The van der Waals surface area contributed by atoms with E-state index in [1.165, 1.54) is 11.0 Å². The number of aromatic nitrogens is 3. The van der Waals surface area contributed by atoms with Crippen LogP contribution in [0.2, 0.25) is 0 Å². The van der Waals surface area contributed by atoms with E-state index in [-0.39, 0.29) is 35.7 Å². The van der Waals surface area contributed by atoms with Gasteiger partial charge >= 0.3 is 6.18 Å². The maximum atomic E-state index is 14.2. The van der Waals surface area contributed by atoms with Crippen LogP contribution in [0.5, 0.6) is 0 Å². The average Bonchev–Trinajstić information content (AvgIpc) is 3.45. The maximum Gasteiger partial charge on any atom is 0.416 e. The molecule has 3 aliphatic rings. The number of nitriles is 1. The van der Waals surface area contributed by atoms with Gasteiger partial charge in [0.25, 0.3) is 5.91 Å². The van der Waals surface area contributed by atoms with Crippen LogP contribution in [0.15, 0.2) is 42.7 Å². The molecule has 1 aliphatic heterocycles. The van der Waals surface area contributed by atoms with E-state index >= 15 is 0 Å². The first-order chi connectivity index (χ1) is 19.0. The number of hydrogen-bond acceptors (Lipinski definition) is 5. The number of fused-ring (bicyclic) bond motifs is 1. The van der Waals surface area contributed by atoms with E-state index < -0.39 is 23.1 Å². The first kappa shape index (κ1) is 26.5. The summed E-state index contributed by atoms with van der Waals surface area (Å²) in [6.07, 6.45) is 1.99. The number of anilines is 1. The van der Waals surface area contributed by atoms with Crippen molar-refractivity contribution in [2.45, 2.75) is 75.7 Å². The third-order valence-electron chi connectivity index (χ3n) is 9.09. The highest BCUT2D eigenvalue weighted by atomic mass is 19.4. The summed E-state index contributed by atoms with van der Waals surface area (Å²) < 4.78 is 44.5. The minimum atomic E-state index is -4.57. The van der Waals surface area contributed by atoms with Gasteiger partial charge in [-0.3, -0.25) is 4.79 Å². The number of nitrogens with one attached hydrogen (secondary N) is 1. The van der Waals surface area contributed by atoms with Crippen LogP contribution in [-0.4, -0.2) is 26.2 Å². The van der Waals surface area contributed by atoms with Crippen molar-refractivity contribution in [3.63, 3.8) is 0 Å². The molecule has 208 valence electrons. The fraction of sp³-hybridized carbons (Fsp3) is 0.467. The van der Waals surface area contributed by atoms with Gasteiger partial charge in [-0.1, -0.05) is 12.1 Å². The summed E-state index contributed by atoms with van der Waals surface area (Å²) in [4.78, 5) is 15.1. The van der Waals surface area contributed by atoms with Gasteiger partial charge in [0.05, 0.1) is 23.6 Å². The molecule has 2 heterocycles. The summed E-state index contributed by atoms with van der Waals surface area (Å²) in [5, 5.41) is 21.0. The number of carbonyl (C=O) groups is 1. The summed E-state index contributed by atoms with van der Waals surface area (Å²) in [5.74, 6) is 0.552. The molecule has 7 nitrogen and oxygen atoms in total. The number of benzene rings is 2. The van der Waals surface area contributed by atoms with E-state index in [0.29, 0.717) is 30.5 Å². The third kappa shape index (κ3) is 4.37. The van der Waals surface area contributed by atoms with Crippen molar-refractivity contribution >= 4 is 11.6 Å². The van der Waals surface area contributed by atoms with Gasteiger partial charge in [0.2, 0.25) is 0 Å². The molecule has 2 aliphatic carbocycles. The molecule has 1 N–H and O–H groups in total. The molecule has 2 fully saturated rings. The van der Waals surface area contributed by atoms with Gasteiger partial charge in [-0.15, -0.1) is 10.2 Å². The van der Waals surface area contributed by atoms with Crippen molar-refractivity contribution in [1.82, 2.24) is 20.1 Å². The predicted octanol–water partition coefficient (Wildman–Crippen LogP) is 5.64. The van der Waals surface area contributed by atoms with Crippen LogP contribution in [-0.2, 0) is 31.7 Å². The van der Waals surface area contributed by atoms with E-state index in [0.717, 1.165) is 30.7 Å². The van der Waals surface area contributed by atoms with Crippen molar-refractivity contribution in [2.75, 3.05) is 4.90 Å².